The Morgan fingerprint density at radius 3 is 2.27 bits per heavy atom. The maximum absolute atomic E-state index is 13.1. The first kappa shape index (κ1) is 25.7. The van der Waals surface area contributed by atoms with Gasteiger partial charge in [0.05, 0.1) is 22.3 Å². The fraction of sp³-hybridized carbons (Fsp3) is 0.143. The summed E-state index contributed by atoms with van der Waals surface area (Å²) in [5.74, 6) is -0.0183. The highest BCUT2D eigenvalue weighted by atomic mass is 19.4. The number of para-hydroxylation sites is 1. The number of aromatic nitrogens is 2. The van der Waals surface area contributed by atoms with Gasteiger partial charge in [0, 0.05) is 25.9 Å². The largest absolute Gasteiger partial charge is 0.416 e. The van der Waals surface area contributed by atoms with E-state index in [9.17, 15) is 23.1 Å². The first-order valence-electron chi connectivity index (χ1n) is 11.4. The minimum Gasteiger partial charge on any atom is -0.388 e. The molecule has 3 aromatic carbocycles. The number of benzene rings is 3. The van der Waals surface area contributed by atoms with Crippen molar-refractivity contribution in [2.45, 2.75) is 12.8 Å². The summed E-state index contributed by atoms with van der Waals surface area (Å²) in [5, 5.41) is 12.1. The van der Waals surface area contributed by atoms with Crippen LogP contribution in [-0.4, -0.2) is 35.1 Å². The van der Waals surface area contributed by atoms with Crippen molar-refractivity contribution >= 4 is 33.9 Å². The summed E-state index contributed by atoms with van der Waals surface area (Å²) >= 11 is 0. The van der Waals surface area contributed by atoms with Crippen LogP contribution in [-0.2, 0) is 17.6 Å². The van der Waals surface area contributed by atoms with Gasteiger partial charge in [-0.1, -0.05) is 42.5 Å². The summed E-state index contributed by atoms with van der Waals surface area (Å²) in [5.41, 5.74) is 3.97. The normalized spacial score (nSPS) is 12.3. The molecule has 4 rings (SSSR count). The van der Waals surface area contributed by atoms with Gasteiger partial charge in [-0.25, -0.2) is 4.98 Å². The number of carbonyl (C=O) groups excluding carboxylic acids is 1. The quantitative estimate of drug-likeness (QED) is 0.220. The Morgan fingerprint density at radius 1 is 1.03 bits per heavy atom. The zero-order valence-corrected chi connectivity index (χ0v) is 20.2. The van der Waals surface area contributed by atoms with Crippen LogP contribution in [0.4, 0.5) is 24.5 Å². The number of rotatable bonds is 7. The molecule has 0 radical (unpaired) electrons. The Bertz CT molecular complexity index is 1450. The van der Waals surface area contributed by atoms with Gasteiger partial charge in [-0.05, 0) is 53.1 Å². The lowest BCUT2D eigenvalue weighted by atomic mass is 9.96. The molecule has 190 valence electrons. The molecule has 0 unspecified atom stereocenters. The summed E-state index contributed by atoms with van der Waals surface area (Å²) in [6.45, 7) is -0.255. The molecule has 1 heterocycles. The van der Waals surface area contributed by atoms with E-state index in [-0.39, 0.29) is 6.61 Å². The van der Waals surface area contributed by atoms with Crippen LogP contribution >= 0.6 is 0 Å². The lowest BCUT2D eigenvalue weighted by molar-refractivity contribution is -0.137. The molecule has 0 atom stereocenters. The fourth-order valence-corrected chi connectivity index (χ4v) is 3.80. The molecule has 0 saturated heterocycles. The number of H-pyrrole nitrogens is 1. The summed E-state index contributed by atoms with van der Waals surface area (Å²) in [7, 11) is 3.83. The number of alkyl halides is 3. The molecule has 0 aliphatic rings. The average Bonchev–Trinajstić information content (AvgIpc) is 3.31. The van der Waals surface area contributed by atoms with E-state index < -0.39 is 17.6 Å². The van der Waals surface area contributed by atoms with Gasteiger partial charge < -0.3 is 20.3 Å². The van der Waals surface area contributed by atoms with Crippen molar-refractivity contribution in [2.24, 2.45) is 0 Å². The number of imidazole rings is 1. The standard InChI is InChI=1S/C28H25F3N4O2/c1-35(2)21-15-11-19(12-16-21)22(18-9-13-20(14-10-18)28(29,30)31)5-3-8-26(37)33-24-7-4-6-23-27(24)34-25(17-36)32-23/h3-16,36H,17H2,1-2H3,(H,32,34)(H,33,37). The minimum atomic E-state index is -4.43. The summed E-state index contributed by atoms with van der Waals surface area (Å²) < 4.78 is 39.2. The number of amides is 1. The van der Waals surface area contributed by atoms with Gasteiger partial charge in [-0.2, -0.15) is 13.2 Å². The van der Waals surface area contributed by atoms with Crippen molar-refractivity contribution < 1.29 is 23.1 Å². The molecule has 1 amide bonds. The SMILES string of the molecule is CN(C)c1ccc(C(=CC=CC(=O)Nc2cccc3nc(CO)[nH]c23)c2ccc(C(F)(F)F)cc2)cc1. The topological polar surface area (TPSA) is 81.2 Å². The first-order valence-corrected chi connectivity index (χ1v) is 11.4. The summed E-state index contributed by atoms with van der Waals surface area (Å²) in [4.78, 5) is 21.8. The van der Waals surface area contributed by atoms with Gasteiger partial charge in [0.2, 0.25) is 5.91 Å². The Kier molecular flexibility index (Phi) is 7.45. The third kappa shape index (κ3) is 6.07. The second-order valence-corrected chi connectivity index (χ2v) is 8.49. The number of carbonyl (C=O) groups is 1. The smallest absolute Gasteiger partial charge is 0.388 e. The Labute approximate surface area is 211 Å². The maximum atomic E-state index is 13.1. The highest BCUT2D eigenvalue weighted by Crippen LogP contribution is 2.32. The number of hydrogen-bond acceptors (Lipinski definition) is 4. The van der Waals surface area contributed by atoms with Crippen LogP contribution in [0, 0.1) is 0 Å². The molecule has 0 saturated carbocycles. The van der Waals surface area contributed by atoms with Gasteiger partial charge >= 0.3 is 6.18 Å². The number of halogens is 3. The third-order valence-electron chi connectivity index (χ3n) is 5.70. The van der Waals surface area contributed by atoms with E-state index in [2.05, 4.69) is 15.3 Å². The van der Waals surface area contributed by atoms with Crippen molar-refractivity contribution in [3.8, 4) is 0 Å². The predicted octanol–water partition coefficient (Wildman–Crippen LogP) is 5.77. The molecule has 4 aromatic rings. The number of allylic oxidation sites excluding steroid dienone is 2. The van der Waals surface area contributed by atoms with Crippen molar-refractivity contribution in [2.75, 3.05) is 24.3 Å². The van der Waals surface area contributed by atoms with Crippen LogP contribution in [0.1, 0.15) is 22.5 Å². The molecular weight excluding hydrogens is 481 g/mol. The van der Waals surface area contributed by atoms with Gasteiger partial charge in [-0.15, -0.1) is 0 Å². The minimum absolute atomic E-state index is 0.255. The van der Waals surface area contributed by atoms with Crippen LogP contribution in [0.5, 0.6) is 0 Å². The van der Waals surface area contributed by atoms with Crippen molar-refractivity contribution in [1.82, 2.24) is 9.97 Å². The molecule has 0 spiro atoms. The number of fused-ring (bicyclic) bond motifs is 1. The lowest BCUT2D eigenvalue weighted by Crippen LogP contribution is -2.08. The van der Waals surface area contributed by atoms with Gasteiger partial charge in [-0.3, -0.25) is 4.79 Å². The van der Waals surface area contributed by atoms with Crippen LogP contribution in [0.2, 0.25) is 0 Å². The molecular formula is C28H25F3N4O2. The predicted molar refractivity (Wildman–Crippen MR) is 139 cm³/mol. The van der Waals surface area contributed by atoms with Crippen LogP contribution in [0.25, 0.3) is 16.6 Å². The monoisotopic (exact) mass is 506 g/mol. The number of nitrogens with one attached hydrogen (secondary N) is 2. The number of aliphatic hydroxyl groups is 1. The first-order chi connectivity index (χ1) is 17.7. The second kappa shape index (κ2) is 10.7. The zero-order chi connectivity index (χ0) is 26.6. The number of nitrogens with zero attached hydrogens (tertiary/aromatic N) is 2. The van der Waals surface area contributed by atoms with E-state index in [1.54, 1.807) is 30.4 Å². The molecule has 37 heavy (non-hydrogen) atoms. The lowest BCUT2D eigenvalue weighted by Gasteiger charge is -2.14. The molecule has 0 fully saturated rings. The van der Waals surface area contributed by atoms with Crippen LogP contribution in [0.3, 0.4) is 0 Å². The number of aliphatic hydroxyl groups excluding tert-OH is 1. The van der Waals surface area contributed by atoms with Crippen molar-refractivity contribution in [3.63, 3.8) is 0 Å². The highest BCUT2D eigenvalue weighted by Gasteiger charge is 2.30. The molecule has 6 nitrogen and oxygen atoms in total. The molecule has 0 aliphatic carbocycles. The van der Waals surface area contributed by atoms with E-state index in [0.29, 0.717) is 33.7 Å². The fourth-order valence-electron chi connectivity index (χ4n) is 3.80. The second-order valence-electron chi connectivity index (χ2n) is 8.49. The average molecular weight is 507 g/mol. The van der Waals surface area contributed by atoms with Gasteiger partial charge in [0.25, 0.3) is 0 Å². The van der Waals surface area contributed by atoms with E-state index in [4.69, 9.17) is 0 Å². The number of hydrogen-bond donors (Lipinski definition) is 3. The van der Waals surface area contributed by atoms with Gasteiger partial charge in [0.15, 0.2) is 0 Å². The van der Waals surface area contributed by atoms with Crippen LogP contribution in [0.15, 0.2) is 85.0 Å². The summed E-state index contributed by atoms with van der Waals surface area (Å²) in [6.07, 6.45) is 0.144. The number of anilines is 2. The van der Waals surface area contributed by atoms with E-state index in [0.717, 1.165) is 23.4 Å². The molecule has 0 bridgehead atoms. The number of aromatic amines is 1. The highest BCUT2D eigenvalue weighted by molar-refractivity contribution is 6.04. The zero-order valence-electron chi connectivity index (χ0n) is 20.2. The molecule has 3 N–H and O–H groups in total. The van der Waals surface area contributed by atoms with E-state index in [1.807, 2.05) is 43.3 Å². The summed E-state index contributed by atoms with van der Waals surface area (Å²) in [6, 6.07) is 17.7. The van der Waals surface area contributed by atoms with Gasteiger partial charge in [0.1, 0.15) is 12.4 Å². The maximum Gasteiger partial charge on any atom is 0.416 e. The van der Waals surface area contributed by atoms with E-state index >= 15 is 0 Å². The Balaban J connectivity index is 1.61. The third-order valence-corrected chi connectivity index (χ3v) is 5.70. The van der Waals surface area contributed by atoms with Crippen molar-refractivity contribution in [3.05, 3.63) is 107 Å². The molecule has 9 heteroatoms. The van der Waals surface area contributed by atoms with Crippen LogP contribution < -0.4 is 10.2 Å². The van der Waals surface area contributed by atoms with Crippen molar-refractivity contribution in [1.29, 1.82) is 0 Å². The van der Waals surface area contributed by atoms with E-state index in [1.165, 1.54) is 18.2 Å². The molecule has 0 aliphatic heterocycles. The Hall–Kier alpha value is -4.37. The Morgan fingerprint density at radius 2 is 1.68 bits per heavy atom. The molecule has 1 aromatic heterocycles.